The number of aliphatic hydroxyl groups is 1. The first-order chi connectivity index (χ1) is 8.96. The molecule has 0 spiro atoms. The van der Waals surface area contributed by atoms with E-state index in [0.717, 1.165) is 23.5 Å². The minimum absolute atomic E-state index is 0.545. The van der Waals surface area contributed by atoms with Crippen LogP contribution in [0.2, 0.25) is 0 Å². The molecule has 1 aromatic rings. The summed E-state index contributed by atoms with van der Waals surface area (Å²) in [5.74, 6) is 1.52. The number of nitrogens with one attached hydrogen (secondary N) is 1. The van der Waals surface area contributed by atoms with E-state index in [2.05, 4.69) is 12.2 Å². The number of methoxy groups -OCH3 is 1. The average molecular weight is 267 g/mol. The average Bonchev–Trinajstić information content (AvgIpc) is 2.35. The maximum absolute atomic E-state index is 9.63. The minimum Gasteiger partial charge on any atom is -0.493 e. The Labute approximate surface area is 115 Å². The molecule has 0 amide bonds. The van der Waals surface area contributed by atoms with Crippen LogP contribution in [-0.2, 0) is 6.54 Å². The summed E-state index contributed by atoms with van der Waals surface area (Å²) >= 11 is 0. The molecule has 0 atom stereocenters. The molecule has 1 aromatic carbocycles. The molecule has 0 aliphatic heterocycles. The molecule has 0 bridgehead atoms. The first-order valence-corrected chi connectivity index (χ1v) is 6.69. The largest absolute Gasteiger partial charge is 0.493 e. The molecule has 4 nitrogen and oxygen atoms in total. The van der Waals surface area contributed by atoms with Gasteiger partial charge in [0.1, 0.15) is 0 Å². The van der Waals surface area contributed by atoms with Gasteiger partial charge in [0.05, 0.1) is 19.3 Å². The highest BCUT2D eigenvalue weighted by Gasteiger charge is 2.11. The van der Waals surface area contributed by atoms with Crippen molar-refractivity contribution in [2.45, 2.75) is 39.3 Å². The van der Waals surface area contributed by atoms with Gasteiger partial charge in [0.25, 0.3) is 0 Å². The van der Waals surface area contributed by atoms with Gasteiger partial charge in [0, 0.05) is 13.1 Å². The predicted octanol–water partition coefficient (Wildman–Crippen LogP) is 2.34. The fraction of sp³-hybridized carbons (Fsp3) is 0.600. The molecule has 0 heterocycles. The second kappa shape index (κ2) is 7.36. The normalized spacial score (nSPS) is 11.4. The summed E-state index contributed by atoms with van der Waals surface area (Å²) in [5, 5.41) is 12.8. The van der Waals surface area contributed by atoms with E-state index >= 15 is 0 Å². The van der Waals surface area contributed by atoms with Crippen LogP contribution < -0.4 is 14.8 Å². The molecular weight excluding hydrogens is 242 g/mol. The third-order valence-corrected chi connectivity index (χ3v) is 2.58. The third kappa shape index (κ3) is 5.94. The molecule has 1 rings (SSSR count). The van der Waals surface area contributed by atoms with Gasteiger partial charge in [-0.25, -0.2) is 0 Å². The fourth-order valence-electron chi connectivity index (χ4n) is 1.67. The van der Waals surface area contributed by atoms with Gasteiger partial charge >= 0.3 is 0 Å². The van der Waals surface area contributed by atoms with Gasteiger partial charge in [0.2, 0.25) is 0 Å². The first kappa shape index (κ1) is 15.8. The Morgan fingerprint density at radius 3 is 2.58 bits per heavy atom. The molecule has 0 aromatic heterocycles. The van der Waals surface area contributed by atoms with E-state index in [-0.39, 0.29) is 0 Å². The van der Waals surface area contributed by atoms with Crippen molar-refractivity contribution in [1.29, 1.82) is 0 Å². The molecule has 0 fully saturated rings. The molecule has 0 aliphatic rings. The van der Waals surface area contributed by atoms with Gasteiger partial charge in [-0.3, -0.25) is 0 Å². The van der Waals surface area contributed by atoms with E-state index in [9.17, 15) is 5.11 Å². The highest BCUT2D eigenvalue weighted by molar-refractivity contribution is 5.42. The summed E-state index contributed by atoms with van der Waals surface area (Å²) in [6.45, 7) is 7.55. The zero-order chi connectivity index (χ0) is 14.3. The van der Waals surface area contributed by atoms with E-state index in [0.29, 0.717) is 19.7 Å². The Morgan fingerprint density at radius 1 is 1.26 bits per heavy atom. The predicted molar refractivity (Wildman–Crippen MR) is 76.8 cm³/mol. The van der Waals surface area contributed by atoms with Crippen molar-refractivity contribution >= 4 is 0 Å². The van der Waals surface area contributed by atoms with Gasteiger partial charge in [-0.2, -0.15) is 0 Å². The minimum atomic E-state index is -0.700. The van der Waals surface area contributed by atoms with Crippen LogP contribution in [0.15, 0.2) is 18.2 Å². The molecule has 2 N–H and O–H groups in total. The number of benzene rings is 1. The molecule has 4 heteroatoms. The molecule has 108 valence electrons. The highest BCUT2D eigenvalue weighted by atomic mass is 16.5. The Balaban J connectivity index is 2.61. The van der Waals surface area contributed by atoms with Crippen LogP contribution in [-0.4, -0.2) is 31.0 Å². The number of hydrogen-bond donors (Lipinski definition) is 2. The summed E-state index contributed by atoms with van der Waals surface area (Å²) in [4.78, 5) is 0. The summed E-state index contributed by atoms with van der Waals surface area (Å²) < 4.78 is 10.9. The number of ether oxygens (including phenoxy) is 2. The lowest BCUT2D eigenvalue weighted by Crippen LogP contribution is -2.34. The smallest absolute Gasteiger partial charge is 0.161 e. The van der Waals surface area contributed by atoms with Crippen molar-refractivity contribution in [2.75, 3.05) is 20.3 Å². The molecule has 0 saturated carbocycles. The molecule has 0 unspecified atom stereocenters. The van der Waals surface area contributed by atoms with E-state index in [1.807, 2.05) is 18.2 Å². The van der Waals surface area contributed by atoms with Crippen LogP contribution in [0.3, 0.4) is 0 Å². The lowest BCUT2D eigenvalue weighted by molar-refractivity contribution is 0.0795. The van der Waals surface area contributed by atoms with E-state index < -0.39 is 5.60 Å². The Morgan fingerprint density at radius 2 is 2.00 bits per heavy atom. The highest BCUT2D eigenvalue weighted by Crippen LogP contribution is 2.28. The molecule has 0 radical (unpaired) electrons. The summed E-state index contributed by atoms with van der Waals surface area (Å²) in [6.07, 6.45) is 0.970. The van der Waals surface area contributed by atoms with Crippen molar-refractivity contribution in [3.63, 3.8) is 0 Å². The monoisotopic (exact) mass is 267 g/mol. The van der Waals surface area contributed by atoms with E-state index in [4.69, 9.17) is 9.47 Å². The molecular formula is C15H25NO3. The van der Waals surface area contributed by atoms with Crippen molar-refractivity contribution in [3.05, 3.63) is 23.8 Å². The van der Waals surface area contributed by atoms with Gasteiger partial charge < -0.3 is 19.9 Å². The number of rotatable bonds is 8. The molecule has 19 heavy (non-hydrogen) atoms. The zero-order valence-electron chi connectivity index (χ0n) is 12.3. The van der Waals surface area contributed by atoms with Crippen LogP contribution in [0, 0.1) is 0 Å². The zero-order valence-corrected chi connectivity index (χ0v) is 12.3. The van der Waals surface area contributed by atoms with E-state index in [1.54, 1.807) is 21.0 Å². The van der Waals surface area contributed by atoms with Gasteiger partial charge in [0.15, 0.2) is 11.5 Å². The first-order valence-electron chi connectivity index (χ1n) is 6.69. The van der Waals surface area contributed by atoms with Crippen molar-refractivity contribution in [1.82, 2.24) is 5.32 Å². The lowest BCUT2D eigenvalue weighted by Gasteiger charge is -2.18. The fourth-order valence-corrected chi connectivity index (χ4v) is 1.67. The maximum atomic E-state index is 9.63. The maximum Gasteiger partial charge on any atom is 0.161 e. The Hall–Kier alpha value is -1.26. The summed E-state index contributed by atoms with van der Waals surface area (Å²) in [6, 6.07) is 5.89. The van der Waals surface area contributed by atoms with Crippen LogP contribution >= 0.6 is 0 Å². The van der Waals surface area contributed by atoms with Gasteiger partial charge in [-0.15, -0.1) is 0 Å². The van der Waals surface area contributed by atoms with Crippen LogP contribution in [0.5, 0.6) is 11.5 Å². The SMILES string of the molecule is CCCOc1ccc(CNCC(C)(C)O)cc1OC. The lowest BCUT2D eigenvalue weighted by atomic mass is 10.1. The summed E-state index contributed by atoms with van der Waals surface area (Å²) in [5.41, 5.74) is 0.402. The molecule has 0 saturated heterocycles. The Bertz CT molecular complexity index is 385. The standard InChI is InChI=1S/C15H25NO3/c1-5-8-19-13-7-6-12(9-14(13)18-4)10-16-11-15(2,3)17/h6-7,9,16-17H,5,8,10-11H2,1-4H3. The summed E-state index contributed by atoms with van der Waals surface area (Å²) in [7, 11) is 1.64. The topological polar surface area (TPSA) is 50.7 Å². The van der Waals surface area contributed by atoms with Crippen molar-refractivity contribution in [2.24, 2.45) is 0 Å². The van der Waals surface area contributed by atoms with Crippen LogP contribution in [0.4, 0.5) is 0 Å². The van der Waals surface area contributed by atoms with Crippen LogP contribution in [0.25, 0.3) is 0 Å². The third-order valence-electron chi connectivity index (χ3n) is 2.58. The second-order valence-electron chi connectivity index (χ2n) is 5.25. The van der Waals surface area contributed by atoms with Gasteiger partial charge in [-0.1, -0.05) is 13.0 Å². The van der Waals surface area contributed by atoms with Crippen LogP contribution in [0.1, 0.15) is 32.8 Å². The number of hydrogen-bond acceptors (Lipinski definition) is 4. The van der Waals surface area contributed by atoms with E-state index in [1.165, 1.54) is 0 Å². The van der Waals surface area contributed by atoms with Crippen molar-refractivity contribution < 1.29 is 14.6 Å². The second-order valence-corrected chi connectivity index (χ2v) is 5.25. The van der Waals surface area contributed by atoms with Gasteiger partial charge in [-0.05, 0) is 38.0 Å². The van der Waals surface area contributed by atoms with Crippen molar-refractivity contribution in [3.8, 4) is 11.5 Å². The molecule has 0 aliphatic carbocycles. The quantitative estimate of drug-likeness (QED) is 0.759. The Kier molecular flexibility index (Phi) is 6.12.